The van der Waals surface area contributed by atoms with E-state index in [1.165, 1.54) is 0 Å². The Morgan fingerprint density at radius 1 is 1.20 bits per heavy atom. The van der Waals surface area contributed by atoms with Crippen molar-refractivity contribution in [2.24, 2.45) is 5.92 Å². The summed E-state index contributed by atoms with van der Waals surface area (Å²) in [5.41, 5.74) is 1.78. The zero-order valence-corrected chi connectivity index (χ0v) is 14.8. The molecule has 3 rings (SSSR count). The van der Waals surface area contributed by atoms with Crippen LogP contribution in [0.1, 0.15) is 44.7 Å². The van der Waals surface area contributed by atoms with Gasteiger partial charge < -0.3 is 20.1 Å². The summed E-state index contributed by atoms with van der Waals surface area (Å²) in [5, 5.41) is 5.49. The maximum atomic E-state index is 12.8. The fraction of sp³-hybridized carbons (Fsp3) is 0.474. The average molecular weight is 344 g/mol. The Morgan fingerprint density at radius 3 is 2.52 bits per heavy atom. The van der Waals surface area contributed by atoms with Crippen LogP contribution in [-0.2, 0) is 9.53 Å². The highest BCUT2D eigenvalue weighted by Crippen LogP contribution is 2.32. The van der Waals surface area contributed by atoms with Crippen LogP contribution in [0.4, 0.5) is 4.79 Å². The molecule has 1 aromatic carbocycles. The summed E-state index contributed by atoms with van der Waals surface area (Å²) < 4.78 is 10.9. The highest BCUT2D eigenvalue weighted by molar-refractivity contribution is 5.95. The normalized spacial score (nSPS) is 26.0. The van der Waals surface area contributed by atoms with E-state index in [0.29, 0.717) is 22.9 Å². The van der Waals surface area contributed by atoms with Gasteiger partial charge in [0.15, 0.2) is 0 Å². The molecule has 6 heteroatoms. The maximum absolute atomic E-state index is 12.8. The van der Waals surface area contributed by atoms with Crippen molar-refractivity contribution >= 4 is 12.0 Å². The fourth-order valence-corrected chi connectivity index (χ4v) is 3.50. The van der Waals surface area contributed by atoms with E-state index >= 15 is 0 Å². The van der Waals surface area contributed by atoms with E-state index in [1.807, 2.05) is 12.1 Å². The third-order valence-corrected chi connectivity index (χ3v) is 4.98. The van der Waals surface area contributed by atoms with Crippen LogP contribution in [0, 0.1) is 5.92 Å². The van der Waals surface area contributed by atoms with Gasteiger partial charge in [-0.1, -0.05) is 19.1 Å². The highest BCUT2D eigenvalue weighted by atomic mass is 16.5. The Bertz CT molecular complexity index is 696. The predicted octanol–water partition coefficient (Wildman–Crippen LogP) is 3.05. The largest absolute Gasteiger partial charge is 0.497 e. The van der Waals surface area contributed by atoms with Crippen molar-refractivity contribution in [3.63, 3.8) is 0 Å². The summed E-state index contributed by atoms with van der Waals surface area (Å²) in [6.07, 6.45) is 2.99. The van der Waals surface area contributed by atoms with Crippen molar-refractivity contribution < 1.29 is 19.1 Å². The minimum atomic E-state index is -0.538. The van der Waals surface area contributed by atoms with Crippen molar-refractivity contribution in [2.75, 3.05) is 7.11 Å². The summed E-state index contributed by atoms with van der Waals surface area (Å²) in [7, 11) is 1.59. The second-order valence-corrected chi connectivity index (χ2v) is 6.70. The molecule has 0 saturated heterocycles. The number of ether oxygens (including phenoxy) is 2. The minimum Gasteiger partial charge on any atom is -0.497 e. The molecule has 134 valence electrons. The maximum Gasteiger partial charge on any atom is 0.338 e. The molecule has 1 heterocycles. The number of rotatable bonds is 4. The van der Waals surface area contributed by atoms with E-state index in [4.69, 9.17) is 9.47 Å². The summed E-state index contributed by atoms with van der Waals surface area (Å²) in [6.45, 7) is 3.83. The molecule has 1 aliphatic heterocycles. The van der Waals surface area contributed by atoms with Gasteiger partial charge >= 0.3 is 12.0 Å². The lowest BCUT2D eigenvalue weighted by Gasteiger charge is -2.29. The number of hydrogen-bond donors (Lipinski definition) is 2. The van der Waals surface area contributed by atoms with Gasteiger partial charge in [0, 0.05) is 5.70 Å². The van der Waals surface area contributed by atoms with Gasteiger partial charge in [-0.2, -0.15) is 0 Å². The number of esters is 1. The third-order valence-electron chi connectivity index (χ3n) is 4.98. The molecule has 1 aliphatic carbocycles. The summed E-state index contributed by atoms with van der Waals surface area (Å²) in [6, 6.07) is 6.43. The molecule has 1 fully saturated rings. The van der Waals surface area contributed by atoms with Crippen LogP contribution in [0.2, 0.25) is 0 Å². The number of benzene rings is 1. The van der Waals surface area contributed by atoms with Crippen LogP contribution in [0.5, 0.6) is 5.75 Å². The molecule has 2 N–H and O–H groups in total. The van der Waals surface area contributed by atoms with E-state index in [1.54, 1.807) is 26.2 Å². The first-order valence-electron chi connectivity index (χ1n) is 8.63. The molecule has 1 aromatic rings. The number of methoxy groups -OCH3 is 1. The first-order chi connectivity index (χ1) is 12.0. The number of carbonyl (C=O) groups excluding carboxylic acids is 2. The van der Waals surface area contributed by atoms with E-state index in [9.17, 15) is 9.59 Å². The summed E-state index contributed by atoms with van der Waals surface area (Å²) in [5.74, 6) is 0.716. The summed E-state index contributed by atoms with van der Waals surface area (Å²) >= 11 is 0. The SMILES string of the molecule is COc1ccc([C@@H]2NC(=O)NC(C)=C2C(=O)O[C@H]2CCC[C@H]2C)cc1. The van der Waals surface area contributed by atoms with Crippen LogP contribution in [0.25, 0.3) is 0 Å². The van der Waals surface area contributed by atoms with Crippen LogP contribution in [0.15, 0.2) is 35.5 Å². The lowest BCUT2D eigenvalue weighted by Crippen LogP contribution is -2.45. The Hall–Kier alpha value is -2.50. The fourth-order valence-electron chi connectivity index (χ4n) is 3.50. The quantitative estimate of drug-likeness (QED) is 0.823. The monoisotopic (exact) mass is 344 g/mol. The van der Waals surface area contributed by atoms with Gasteiger partial charge in [0.25, 0.3) is 0 Å². The Labute approximate surface area is 147 Å². The van der Waals surface area contributed by atoms with E-state index in [0.717, 1.165) is 24.8 Å². The van der Waals surface area contributed by atoms with Gasteiger partial charge in [-0.25, -0.2) is 9.59 Å². The van der Waals surface area contributed by atoms with E-state index in [-0.39, 0.29) is 18.1 Å². The van der Waals surface area contributed by atoms with E-state index < -0.39 is 6.04 Å². The van der Waals surface area contributed by atoms with Gasteiger partial charge in [-0.05, 0) is 49.8 Å². The molecule has 2 amide bonds. The molecule has 25 heavy (non-hydrogen) atoms. The lowest BCUT2D eigenvalue weighted by atomic mass is 9.95. The zero-order chi connectivity index (χ0) is 18.0. The molecule has 0 unspecified atom stereocenters. The smallest absolute Gasteiger partial charge is 0.338 e. The number of nitrogens with one attached hydrogen (secondary N) is 2. The molecule has 1 saturated carbocycles. The second-order valence-electron chi connectivity index (χ2n) is 6.70. The standard InChI is InChI=1S/C19H24N2O4/c1-11-5-4-6-15(11)25-18(22)16-12(2)20-19(23)21-17(16)13-7-9-14(24-3)10-8-13/h7-11,15,17H,4-6H2,1-3H3,(H2,20,21,23)/t11-,15+,17+/m1/s1. The van der Waals surface area contributed by atoms with Crippen molar-refractivity contribution in [1.82, 2.24) is 10.6 Å². The molecule has 0 spiro atoms. The highest BCUT2D eigenvalue weighted by Gasteiger charge is 2.35. The number of carbonyl (C=O) groups is 2. The third kappa shape index (κ3) is 3.62. The van der Waals surface area contributed by atoms with Crippen molar-refractivity contribution in [3.8, 4) is 5.75 Å². The minimum absolute atomic E-state index is 0.0538. The Morgan fingerprint density at radius 2 is 1.92 bits per heavy atom. The van der Waals surface area contributed by atoms with Crippen LogP contribution in [0.3, 0.4) is 0 Å². The number of allylic oxidation sites excluding steroid dienone is 1. The molecular weight excluding hydrogens is 320 g/mol. The predicted molar refractivity (Wildman–Crippen MR) is 93.0 cm³/mol. The molecule has 2 aliphatic rings. The average Bonchev–Trinajstić information content (AvgIpc) is 2.99. The van der Waals surface area contributed by atoms with Crippen molar-refractivity contribution in [2.45, 2.75) is 45.3 Å². The zero-order valence-electron chi connectivity index (χ0n) is 14.8. The number of hydrogen-bond acceptors (Lipinski definition) is 4. The summed E-state index contributed by atoms with van der Waals surface area (Å²) in [4.78, 5) is 24.7. The van der Waals surface area contributed by atoms with Crippen LogP contribution < -0.4 is 15.4 Å². The number of amides is 2. The first kappa shape index (κ1) is 17.3. The van der Waals surface area contributed by atoms with Crippen molar-refractivity contribution in [1.29, 1.82) is 0 Å². The lowest BCUT2D eigenvalue weighted by molar-refractivity contribution is -0.146. The van der Waals surface area contributed by atoms with Gasteiger partial charge in [0.05, 0.1) is 18.7 Å². The molecular formula is C19H24N2O4. The Balaban J connectivity index is 1.87. The molecule has 0 radical (unpaired) electrons. The van der Waals surface area contributed by atoms with Crippen LogP contribution in [-0.4, -0.2) is 25.2 Å². The molecule has 6 nitrogen and oxygen atoms in total. The number of urea groups is 1. The van der Waals surface area contributed by atoms with Gasteiger partial charge in [-0.15, -0.1) is 0 Å². The Kier molecular flexibility index (Phi) is 4.97. The van der Waals surface area contributed by atoms with Gasteiger partial charge in [-0.3, -0.25) is 0 Å². The first-order valence-corrected chi connectivity index (χ1v) is 8.63. The topological polar surface area (TPSA) is 76.7 Å². The van der Waals surface area contributed by atoms with Gasteiger partial charge in [0.2, 0.25) is 0 Å². The van der Waals surface area contributed by atoms with Crippen LogP contribution >= 0.6 is 0 Å². The van der Waals surface area contributed by atoms with Gasteiger partial charge in [0.1, 0.15) is 11.9 Å². The molecule has 3 atom stereocenters. The molecule has 0 aromatic heterocycles. The van der Waals surface area contributed by atoms with Crippen molar-refractivity contribution in [3.05, 3.63) is 41.1 Å². The molecule has 0 bridgehead atoms. The second kappa shape index (κ2) is 7.17. The van der Waals surface area contributed by atoms with E-state index in [2.05, 4.69) is 17.6 Å².